The third-order valence-electron chi connectivity index (χ3n) is 5.46. The van der Waals surface area contributed by atoms with Crippen LogP contribution in [-0.2, 0) is 11.3 Å². The summed E-state index contributed by atoms with van der Waals surface area (Å²) in [4.78, 5) is 28.9. The molecule has 2 aromatic carbocycles. The molecule has 1 aromatic heterocycles. The number of benzene rings is 2. The molecule has 1 amide bonds. The van der Waals surface area contributed by atoms with Gasteiger partial charge in [-0.1, -0.05) is 23.7 Å². The molecule has 2 heterocycles. The minimum Gasteiger partial charge on any atom is -0.495 e. The Labute approximate surface area is 179 Å². The molecule has 7 nitrogen and oxygen atoms in total. The van der Waals surface area contributed by atoms with E-state index in [1.54, 1.807) is 25.3 Å². The molecule has 4 rings (SSSR count). The van der Waals surface area contributed by atoms with E-state index in [1.165, 1.54) is 4.57 Å². The zero-order valence-corrected chi connectivity index (χ0v) is 17.6. The lowest BCUT2D eigenvalue weighted by molar-refractivity contribution is -0.131. The summed E-state index contributed by atoms with van der Waals surface area (Å²) in [6, 6.07) is 13.0. The topological polar surface area (TPSA) is 67.9 Å². The van der Waals surface area contributed by atoms with Gasteiger partial charge in [0.1, 0.15) is 5.75 Å². The molecule has 1 aliphatic heterocycles. The van der Waals surface area contributed by atoms with Crippen LogP contribution in [0.25, 0.3) is 11.1 Å². The molecule has 0 N–H and O–H groups in total. The second kappa shape index (κ2) is 8.83. The van der Waals surface area contributed by atoms with Gasteiger partial charge in [0.25, 0.3) is 0 Å². The van der Waals surface area contributed by atoms with Gasteiger partial charge in [-0.15, -0.1) is 0 Å². The molecule has 1 fully saturated rings. The molecule has 1 saturated heterocycles. The van der Waals surface area contributed by atoms with E-state index in [9.17, 15) is 9.59 Å². The number of hydrogen-bond acceptors (Lipinski definition) is 5. The van der Waals surface area contributed by atoms with Gasteiger partial charge in [-0.05, 0) is 36.8 Å². The van der Waals surface area contributed by atoms with Gasteiger partial charge in [0.15, 0.2) is 5.58 Å². The third kappa shape index (κ3) is 4.16. The van der Waals surface area contributed by atoms with Crippen molar-refractivity contribution in [3.05, 3.63) is 58.0 Å². The lowest BCUT2D eigenvalue weighted by atomic mass is 10.2. The molecule has 30 heavy (non-hydrogen) atoms. The van der Waals surface area contributed by atoms with Crippen LogP contribution >= 0.6 is 11.6 Å². The van der Waals surface area contributed by atoms with E-state index in [1.807, 2.05) is 29.2 Å². The van der Waals surface area contributed by atoms with Crippen LogP contribution in [0.5, 0.6) is 5.75 Å². The number of methoxy groups -OCH3 is 1. The average molecular weight is 430 g/mol. The molecule has 3 aromatic rings. The molecule has 0 unspecified atom stereocenters. The first kappa shape index (κ1) is 20.3. The van der Waals surface area contributed by atoms with Gasteiger partial charge in [0, 0.05) is 44.2 Å². The van der Waals surface area contributed by atoms with Crippen molar-refractivity contribution in [3.63, 3.8) is 0 Å². The zero-order valence-electron chi connectivity index (χ0n) is 16.8. The predicted molar refractivity (Wildman–Crippen MR) is 117 cm³/mol. The van der Waals surface area contributed by atoms with Crippen LogP contribution in [0.1, 0.15) is 12.8 Å². The maximum Gasteiger partial charge on any atom is 0.419 e. The highest BCUT2D eigenvalue weighted by molar-refractivity contribution is 6.31. The van der Waals surface area contributed by atoms with Crippen molar-refractivity contribution in [2.75, 3.05) is 38.2 Å². The highest BCUT2D eigenvalue weighted by Gasteiger charge is 2.22. The highest BCUT2D eigenvalue weighted by atomic mass is 35.5. The Bertz CT molecular complexity index is 1100. The standard InChI is InChI=1S/C22H24ClN3O4/c1-29-19-6-3-2-5-17(19)24-11-13-25(14-12-24)21(27)7-4-10-26-18-15-16(23)8-9-20(18)30-22(26)28/h2-3,5-6,8-9,15H,4,7,10-14H2,1H3. The number of rotatable bonds is 6. The predicted octanol–water partition coefficient (Wildman–Crippen LogP) is 3.39. The average Bonchev–Trinajstić information content (AvgIpc) is 3.08. The van der Waals surface area contributed by atoms with Gasteiger partial charge >= 0.3 is 5.76 Å². The summed E-state index contributed by atoms with van der Waals surface area (Å²) in [6.07, 6.45) is 0.945. The Balaban J connectivity index is 1.31. The Morgan fingerprint density at radius 3 is 2.67 bits per heavy atom. The maximum atomic E-state index is 12.6. The van der Waals surface area contributed by atoms with Gasteiger partial charge in [-0.25, -0.2) is 4.79 Å². The minimum absolute atomic E-state index is 0.105. The number of halogens is 1. The number of para-hydroxylation sites is 2. The molecule has 0 bridgehead atoms. The number of carbonyl (C=O) groups is 1. The molecule has 0 saturated carbocycles. The number of ether oxygens (including phenoxy) is 1. The minimum atomic E-state index is -0.426. The first-order chi connectivity index (χ1) is 14.6. The quantitative estimate of drug-likeness (QED) is 0.600. The van der Waals surface area contributed by atoms with Crippen molar-refractivity contribution in [2.45, 2.75) is 19.4 Å². The van der Waals surface area contributed by atoms with Crippen molar-refractivity contribution < 1.29 is 13.9 Å². The van der Waals surface area contributed by atoms with Crippen LogP contribution in [0.3, 0.4) is 0 Å². The van der Waals surface area contributed by atoms with E-state index in [2.05, 4.69) is 4.90 Å². The summed E-state index contributed by atoms with van der Waals surface area (Å²) < 4.78 is 12.2. The van der Waals surface area contributed by atoms with Gasteiger partial charge in [-0.3, -0.25) is 9.36 Å². The fourth-order valence-electron chi connectivity index (χ4n) is 3.88. The van der Waals surface area contributed by atoms with E-state index < -0.39 is 5.76 Å². The molecule has 1 aliphatic rings. The van der Waals surface area contributed by atoms with E-state index in [-0.39, 0.29) is 5.91 Å². The number of nitrogens with zero attached hydrogens (tertiary/aromatic N) is 3. The van der Waals surface area contributed by atoms with Crippen molar-refractivity contribution in [1.29, 1.82) is 0 Å². The van der Waals surface area contributed by atoms with Crippen molar-refractivity contribution in [3.8, 4) is 5.75 Å². The smallest absolute Gasteiger partial charge is 0.419 e. The number of aromatic nitrogens is 1. The number of piperazine rings is 1. The lowest BCUT2D eigenvalue weighted by Gasteiger charge is -2.36. The summed E-state index contributed by atoms with van der Waals surface area (Å²) in [6.45, 7) is 3.27. The van der Waals surface area contributed by atoms with Crippen LogP contribution in [0.15, 0.2) is 51.7 Å². The number of fused-ring (bicyclic) bond motifs is 1. The lowest BCUT2D eigenvalue weighted by Crippen LogP contribution is -2.48. The Hall–Kier alpha value is -2.93. The summed E-state index contributed by atoms with van der Waals surface area (Å²) in [7, 11) is 1.67. The molecule has 0 aliphatic carbocycles. The first-order valence-corrected chi connectivity index (χ1v) is 10.4. The SMILES string of the molecule is COc1ccccc1N1CCN(C(=O)CCCn2c(=O)oc3ccc(Cl)cc32)CC1. The van der Waals surface area contributed by atoms with Crippen LogP contribution in [-0.4, -0.2) is 48.7 Å². The number of hydrogen-bond donors (Lipinski definition) is 0. The molecular weight excluding hydrogens is 406 g/mol. The van der Waals surface area contributed by atoms with Crippen LogP contribution in [0.4, 0.5) is 5.69 Å². The van der Waals surface area contributed by atoms with Crippen molar-refractivity contribution in [1.82, 2.24) is 9.47 Å². The monoisotopic (exact) mass is 429 g/mol. The van der Waals surface area contributed by atoms with Crippen LogP contribution < -0.4 is 15.4 Å². The molecule has 0 radical (unpaired) electrons. The first-order valence-electron chi connectivity index (χ1n) is 10.0. The van der Waals surface area contributed by atoms with E-state index in [0.717, 1.165) is 24.5 Å². The van der Waals surface area contributed by atoms with Crippen LogP contribution in [0, 0.1) is 0 Å². The summed E-state index contributed by atoms with van der Waals surface area (Å²) in [5.41, 5.74) is 2.21. The van der Waals surface area contributed by atoms with Crippen LogP contribution in [0.2, 0.25) is 5.02 Å². The van der Waals surface area contributed by atoms with E-state index >= 15 is 0 Å². The van der Waals surface area contributed by atoms with Crippen molar-refractivity contribution >= 4 is 34.3 Å². The maximum absolute atomic E-state index is 12.6. The highest BCUT2D eigenvalue weighted by Crippen LogP contribution is 2.28. The molecular formula is C22H24ClN3O4. The number of anilines is 1. The largest absolute Gasteiger partial charge is 0.495 e. The zero-order chi connectivity index (χ0) is 21.1. The number of oxazole rings is 1. The van der Waals surface area contributed by atoms with E-state index in [0.29, 0.717) is 48.6 Å². The van der Waals surface area contributed by atoms with Crippen molar-refractivity contribution in [2.24, 2.45) is 0 Å². The second-order valence-corrected chi connectivity index (χ2v) is 7.71. The normalized spacial score (nSPS) is 14.3. The second-order valence-electron chi connectivity index (χ2n) is 7.27. The van der Waals surface area contributed by atoms with Gasteiger partial charge in [0.05, 0.1) is 18.3 Å². The summed E-state index contributed by atoms with van der Waals surface area (Å²) in [5.74, 6) is 0.522. The molecule has 8 heteroatoms. The molecule has 158 valence electrons. The fourth-order valence-corrected chi connectivity index (χ4v) is 4.05. The van der Waals surface area contributed by atoms with E-state index in [4.69, 9.17) is 20.8 Å². The number of amides is 1. The Morgan fingerprint density at radius 1 is 1.13 bits per heavy atom. The molecule has 0 atom stereocenters. The molecule has 0 spiro atoms. The summed E-state index contributed by atoms with van der Waals surface area (Å²) >= 11 is 6.03. The fraction of sp³-hybridized carbons (Fsp3) is 0.364. The van der Waals surface area contributed by atoms with Gasteiger partial charge in [-0.2, -0.15) is 0 Å². The number of carbonyl (C=O) groups excluding carboxylic acids is 1. The van der Waals surface area contributed by atoms with Gasteiger partial charge in [0.2, 0.25) is 5.91 Å². The summed E-state index contributed by atoms with van der Waals surface area (Å²) in [5, 5.41) is 0.543. The number of aryl methyl sites for hydroxylation is 1. The third-order valence-corrected chi connectivity index (χ3v) is 5.70. The Kier molecular flexibility index (Phi) is 5.99. The Morgan fingerprint density at radius 2 is 1.90 bits per heavy atom. The van der Waals surface area contributed by atoms with Gasteiger partial charge < -0.3 is 19.0 Å².